The first-order valence-electron chi connectivity index (χ1n) is 11.8. The molecule has 0 aliphatic carbocycles. The molecule has 0 atom stereocenters. The smallest absolute Gasteiger partial charge is 0.269 e. The molecule has 1 aromatic carbocycles. The summed E-state index contributed by atoms with van der Waals surface area (Å²) in [5.74, 6) is -0.169. The molecule has 1 N–H and O–H groups in total. The van der Waals surface area contributed by atoms with Crippen LogP contribution in [0.25, 0.3) is 0 Å². The van der Waals surface area contributed by atoms with Crippen molar-refractivity contribution in [3.8, 4) is 0 Å². The molecule has 5 nitrogen and oxygen atoms in total. The maximum Gasteiger partial charge on any atom is 0.269 e. The summed E-state index contributed by atoms with van der Waals surface area (Å²) in [6.07, 6.45) is 22.4. The number of allylic oxidation sites excluding steroid dienone is 2. The number of rotatable bonds is 18. The fraction of sp³-hybridized carbons (Fsp3) is 0.640. The van der Waals surface area contributed by atoms with Crippen LogP contribution >= 0.6 is 0 Å². The monoisotopic (exact) mass is 416 g/mol. The molecule has 0 aliphatic rings. The number of nitro benzene ring substituents is 1. The predicted octanol–water partition coefficient (Wildman–Crippen LogP) is 7.36. The first-order chi connectivity index (χ1) is 14.6. The van der Waals surface area contributed by atoms with E-state index in [0.29, 0.717) is 12.1 Å². The Labute approximate surface area is 182 Å². The molecule has 0 bridgehead atoms. The van der Waals surface area contributed by atoms with Crippen LogP contribution in [0.4, 0.5) is 5.69 Å². The summed E-state index contributed by atoms with van der Waals surface area (Å²) in [6, 6.07) is 5.71. The molecule has 0 saturated heterocycles. The minimum atomic E-state index is -0.464. The van der Waals surface area contributed by atoms with Crippen LogP contribution in [0.1, 0.15) is 107 Å². The van der Waals surface area contributed by atoms with E-state index in [1.807, 2.05) is 0 Å². The van der Waals surface area contributed by atoms with E-state index in [1.165, 1.54) is 101 Å². The van der Waals surface area contributed by atoms with E-state index >= 15 is 0 Å². The van der Waals surface area contributed by atoms with E-state index in [4.69, 9.17) is 0 Å². The minimum Gasteiger partial charge on any atom is -0.352 e. The number of non-ortho nitro benzene ring substituents is 1. The molecule has 168 valence electrons. The fourth-order valence-electron chi connectivity index (χ4n) is 3.41. The lowest BCUT2D eigenvalue weighted by Gasteiger charge is -2.05. The highest BCUT2D eigenvalue weighted by atomic mass is 16.6. The Morgan fingerprint density at radius 3 is 1.87 bits per heavy atom. The van der Waals surface area contributed by atoms with Crippen LogP contribution in [-0.2, 0) is 0 Å². The first-order valence-corrected chi connectivity index (χ1v) is 11.8. The zero-order valence-electron chi connectivity index (χ0n) is 18.7. The van der Waals surface area contributed by atoms with E-state index in [1.54, 1.807) is 0 Å². The number of benzene rings is 1. The van der Waals surface area contributed by atoms with Crippen LogP contribution in [0.3, 0.4) is 0 Å². The Morgan fingerprint density at radius 1 is 0.833 bits per heavy atom. The molecule has 0 unspecified atom stereocenters. The third-order valence-electron chi connectivity index (χ3n) is 5.31. The molecule has 0 heterocycles. The number of nitrogens with zero attached hydrogens (tertiary/aromatic N) is 1. The Morgan fingerprint density at radius 2 is 1.33 bits per heavy atom. The highest BCUT2D eigenvalue weighted by Gasteiger charge is 2.08. The average Bonchev–Trinajstić information content (AvgIpc) is 2.75. The molecule has 0 radical (unpaired) electrons. The summed E-state index contributed by atoms with van der Waals surface area (Å²) < 4.78 is 0. The Balaban J connectivity index is 1.90. The third-order valence-corrected chi connectivity index (χ3v) is 5.31. The van der Waals surface area contributed by atoms with Gasteiger partial charge >= 0.3 is 0 Å². The summed E-state index contributed by atoms with van der Waals surface area (Å²) in [5.41, 5.74) is 0.463. The lowest BCUT2D eigenvalue weighted by molar-refractivity contribution is -0.384. The van der Waals surface area contributed by atoms with E-state index in [-0.39, 0.29) is 11.6 Å². The maximum atomic E-state index is 12.0. The van der Waals surface area contributed by atoms with Crippen molar-refractivity contribution in [1.82, 2.24) is 5.32 Å². The van der Waals surface area contributed by atoms with Crippen LogP contribution in [0.5, 0.6) is 0 Å². The van der Waals surface area contributed by atoms with E-state index < -0.39 is 4.92 Å². The zero-order valence-corrected chi connectivity index (χ0v) is 18.7. The van der Waals surface area contributed by atoms with Gasteiger partial charge in [0.2, 0.25) is 0 Å². The van der Waals surface area contributed by atoms with Crippen LogP contribution in [0.15, 0.2) is 36.4 Å². The number of amides is 1. The van der Waals surface area contributed by atoms with Gasteiger partial charge in [-0.2, -0.15) is 0 Å². The van der Waals surface area contributed by atoms with Crippen molar-refractivity contribution in [2.75, 3.05) is 6.54 Å². The van der Waals surface area contributed by atoms with Crippen LogP contribution in [0, 0.1) is 10.1 Å². The summed E-state index contributed by atoms with van der Waals surface area (Å²) in [7, 11) is 0. The van der Waals surface area contributed by atoms with Gasteiger partial charge < -0.3 is 5.32 Å². The van der Waals surface area contributed by atoms with Crippen LogP contribution in [0.2, 0.25) is 0 Å². The maximum absolute atomic E-state index is 12.0. The van der Waals surface area contributed by atoms with Gasteiger partial charge in [0.15, 0.2) is 0 Å². The van der Waals surface area contributed by atoms with Crippen molar-refractivity contribution in [2.24, 2.45) is 0 Å². The highest BCUT2D eigenvalue weighted by Crippen LogP contribution is 2.12. The Kier molecular flexibility index (Phi) is 15.2. The largest absolute Gasteiger partial charge is 0.352 e. The molecule has 0 aromatic heterocycles. The highest BCUT2D eigenvalue weighted by molar-refractivity contribution is 5.94. The number of unbranched alkanes of at least 4 members (excludes halogenated alkanes) is 12. The number of carbonyl (C=O) groups excluding carboxylic acids is 1. The molecule has 1 rings (SSSR count). The SMILES string of the molecule is CCCCCCCCC=CCCCCCCCCNC(=O)c1ccc([N+](=O)[O-])cc1. The second-order valence-corrected chi connectivity index (χ2v) is 8.00. The predicted molar refractivity (Wildman–Crippen MR) is 125 cm³/mol. The second-order valence-electron chi connectivity index (χ2n) is 8.00. The summed E-state index contributed by atoms with van der Waals surface area (Å²) in [4.78, 5) is 22.2. The van der Waals surface area contributed by atoms with Gasteiger partial charge in [0.25, 0.3) is 11.6 Å². The lowest BCUT2D eigenvalue weighted by Crippen LogP contribution is -2.24. The summed E-state index contributed by atoms with van der Waals surface area (Å²) >= 11 is 0. The summed E-state index contributed by atoms with van der Waals surface area (Å²) in [6.45, 7) is 2.91. The molecular weight excluding hydrogens is 376 g/mol. The molecule has 0 saturated carbocycles. The fourth-order valence-corrected chi connectivity index (χ4v) is 3.41. The molecule has 0 fully saturated rings. The van der Waals surface area contributed by atoms with Gasteiger partial charge in [-0.25, -0.2) is 0 Å². The van der Waals surface area contributed by atoms with Gasteiger partial charge in [-0.15, -0.1) is 0 Å². The van der Waals surface area contributed by atoms with E-state index in [0.717, 1.165) is 12.8 Å². The molecule has 1 aromatic rings. The summed E-state index contributed by atoms with van der Waals surface area (Å²) in [5, 5.41) is 13.5. The average molecular weight is 417 g/mol. The minimum absolute atomic E-state index is 0.000143. The van der Waals surface area contributed by atoms with Gasteiger partial charge in [0, 0.05) is 24.2 Å². The van der Waals surface area contributed by atoms with Crippen LogP contribution < -0.4 is 5.32 Å². The van der Waals surface area contributed by atoms with Crippen molar-refractivity contribution in [2.45, 2.75) is 96.8 Å². The molecule has 0 spiro atoms. The van der Waals surface area contributed by atoms with Gasteiger partial charge in [0.1, 0.15) is 0 Å². The quantitative estimate of drug-likeness (QED) is 0.118. The number of nitrogens with one attached hydrogen (secondary N) is 1. The number of carbonyl (C=O) groups is 1. The standard InChI is InChI=1S/C25H40N2O3/c1-2-3-4-5-6-7-8-9-10-11-12-13-14-15-16-17-22-26-25(28)23-18-20-24(21-19-23)27(29)30/h9-10,18-21H,2-8,11-17,22H2,1H3,(H,26,28). The Bertz CT molecular complexity index is 611. The number of nitro groups is 1. The molecule has 30 heavy (non-hydrogen) atoms. The third kappa shape index (κ3) is 13.1. The molecule has 5 heteroatoms. The number of hydrogen-bond donors (Lipinski definition) is 1. The van der Waals surface area contributed by atoms with Crippen molar-refractivity contribution in [3.05, 3.63) is 52.1 Å². The van der Waals surface area contributed by atoms with E-state index in [2.05, 4.69) is 24.4 Å². The molecular formula is C25H40N2O3. The second kappa shape index (κ2) is 17.7. The van der Waals surface area contributed by atoms with Crippen molar-refractivity contribution >= 4 is 11.6 Å². The molecule has 0 aliphatic heterocycles. The van der Waals surface area contributed by atoms with Crippen molar-refractivity contribution < 1.29 is 9.72 Å². The zero-order chi connectivity index (χ0) is 21.9. The van der Waals surface area contributed by atoms with Gasteiger partial charge in [-0.3, -0.25) is 14.9 Å². The van der Waals surface area contributed by atoms with Crippen molar-refractivity contribution in [1.29, 1.82) is 0 Å². The normalized spacial score (nSPS) is 11.1. The van der Waals surface area contributed by atoms with E-state index in [9.17, 15) is 14.9 Å². The van der Waals surface area contributed by atoms with Gasteiger partial charge in [0.05, 0.1) is 4.92 Å². The first kappa shape index (κ1) is 25.9. The van der Waals surface area contributed by atoms with Crippen LogP contribution in [-0.4, -0.2) is 17.4 Å². The topological polar surface area (TPSA) is 72.2 Å². The number of hydrogen-bond acceptors (Lipinski definition) is 3. The Hall–Kier alpha value is -2.17. The van der Waals surface area contributed by atoms with Gasteiger partial charge in [-0.1, -0.05) is 76.9 Å². The lowest BCUT2D eigenvalue weighted by atomic mass is 10.1. The van der Waals surface area contributed by atoms with Crippen molar-refractivity contribution in [3.63, 3.8) is 0 Å². The van der Waals surface area contributed by atoms with Gasteiger partial charge in [-0.05, 0) is 44.2 Å². The molecule has 1 amide bonds.